The fraction of sp³-hybridized carbons (Fsp3) is 0.438. The summed E-state index contributed by atoms with van der Waals surface area (Å²) in [6.07, 6.45) is 2.68. The van der Waals surface area contributed by atoms with Crippen molar-refractivity contribution in [2.75, 3.05) is 13.1 Å². The van der Waals surface area contributed by atoms with Crippen LogP contribution in [0.2, 0.25) is 0 Å². The number of furan rings is 1. The molecule has 0 saturated carbocycles. The molecule has 2 N–H and O–H groups in total. The molecule has 110 valence electrons. The van der Waals surface area contributed by atoms with Gasteiger partial charge in [-0.05, 0) is 42.6 Å². The van der Waals surface area contributed by atoms with E-state index in [1.54, 1.807) is 18.4 Å². The number of nitrogens with zero attached hydrogens (tertiary/aromatic N) is 1. The largest absolute Gasteiger partial charge is 0.464 e. The lowest BCUT2D eigenvalue weighted by Crippen LogP contribution is -2.45. The summed E-state index contributed by atoms with van der Waals surface area (Å²) in [5, 5.41) is 13.1. The van der Waals surface area contributed by atoms with E-state index in [4.69, 9.17) is 4.42 Å². The van der Waals surface area contributed by atoms with Crippen molar-refractivity contribution in [2.45, 2.75) is 25.5 Å². The number of hydrogen-bond acceptors (Lipinski definition) is 4. The second-order valence-electron chi connectivity index (χ2n) is 5.98. The second kappa shape index (κ2) is 4.86. The molecule has 2 aliphatic rings. The second-order valence-corrected chi connectivity index (χ2v) is 5.98. The lowest BCUT2D eigenvalue weighted by atomic mass is 9.83. The third-order valence-electron chi connectivity index (χ3n) is 4.65. The maximum atomic E-state index is 12.9. The highest BCUT2D eigenvalue weighted by atomic mass is 16.3. The molecule has 0 spiro atoms. The zero-order valence-corrected chi connectivity index (χ0v) is 11.7. The lowest BCUT2D eigenvalue weighted by Gasteiger charge is -2.38. The highest BCUT2D eigenvalue weighted by Crippen LogP contribution is 2.34. The smallest absolute Gasteiger partial charge is 0.262 e. The van der Waals surface area contributed by atoms with E-state index >= 15 is 0 Å². The van der Waals surface area contributed by atoms with Gasteiger partial charge in [0.25, 0.3) is 5.56 Å². The van der Waals surface area contributed by atoms with Gasteiger partial charge in [0.15, 0.2) is 0 Å². The molecule has 2 aromatic rings. The van der Waals surface area contributed by atoms with Crippen molar-refractivity contribution in [2.24, 2.45) is 5.92 Å². The average molecular weight is 286 g/mol. The van der Waals surface area contributed by atoms with E-state index in [2.05, 4.69) is 5.32 Å². The van der Waals surface area contributed by atoms with E-state index in [1.807, 2.05) is 10.6 Å². The predicted octanol–water partition coefficient (Wildman–Crippen LogP) is 1.31. The molecule has 2 bridgehead atoms. The molecule has 4 rings (SSSR count). The first kappa shape index (κ1) is 12.9. The molecular weight excluding hydrogens is 268 g/mol. The number of fused-ring (bicyclic) bond motifs is 4. The molecular formula is C16H18N2O3. The summed E-state index contributed by atoms with van der Waals surface area (Å²) in [6, 6.07) is 5.51. The fourth-order valence-corrected chi connectivity index (χ4v) is 3.71. The van der Waals surface area contributed by atoms with Gasteiger partial charge in [0.05, 0.1) is 18.4 Å². The topological polar surface area (TPSA) is 67.4 Å². The Morgan fingerprint density at radius 3 is 3.10 bits per heavy atom. The van der Waals surface area contributed by atoms with Gasteiger partial charge in [-0.3, -0.25) is 4.79 Å². The van der Waals surface area contributed by atoms with Crippen molar-refractivity contribution in [3.8, 4) is 11.3 Å². The van der Waals surface area contributed by atoms with Crippen LogP contribution in [0.25, 0.3) is 11.3 Å². The standard InChI is InChI=1S/C16H18N2O3/c19-9-12-5-13-11-4-10(6-17-7-11)8-18(13)16(20)15(12)14-2-1-3-21-14/h1-3,5,10-11,17,19H,4,6-9H2. The molecule has 4 heterocycles. The zero-order valence-electron chi connectivity index (χ0n) is 11.7. The molecule has 5 nitrogen and oxygen atoms in total. The van der Waals surface area contributed by atoms with Gasteiger partial charge in [0.2, 0.25) is 0 Å². The molecule has 2 aliphatic heterocycles. The third-order valence-corrected chi connectivity index (χ3v) is 4.65. The number of rotatable bonds is 2. The fourth-order valence-electron chi connectivity index (χ4n) is 3.71. The first-order valence-corrected chi connectivity index (χ1v) is 7.40. The molecule has 0 amide bonds. The van der Waals surface area contributed by atoms with Gasteiger partial charge < -0.3 is 19.4 Å². The minimum absolute atomic E-state index is 0.0388. The SMILES string of the molecule is O=c1c(-c2ccco2)c(CO)cc2n1CC1CNCC2C1. The van der Waals surface area contributed by atoms with Crippen LogP contribution in [0.4, 0.5) is 0 Å². The average Bonchev–Trinajstić information content (AvgIpc) is 3.02. The number of aliphatic hydroxyl groups excluding tert-OH is 1. The summed E-state index contributed by atoms with van der Waals surface area (Å²) in [5.41, 5.74) is 2.16. The van der Waals surface area contributed by atoms with Crippen LogP contribution >= 0.6 is 0 Å². The van der Waals surface area contributed by atoms with Crippen LogP contribution in [0.15, 0.2) is 33.7 Å². The molecule has 1 saturated heterocycles. The van der Waals surface area contributed by atoms with Gasteiger partial charge in [0.1, 0.15) is 5.76 Å². The quantitative estimate of drug-likeness (QED) is 0.873. The highest BCUT2D eigenvalue weighted by Gasteiger charge is 2.32. The van der Waals surface area contributed by atoms with Crippen LogP contribution in [-0.4, -0.2) is 22.8 Å². The van der Waals surface area contributed by atoms with E-state index in [0.29, 0.717) is 28.7 Å². The van der Waals surface area contributed by atoms with E-state index in [9.17, 15) is 9.90 Å². The van der Waals surface area contributed by atoms with Crippen LogP contribution in [0.3, 0.4) is 0 Å². The zero-order chi connectivity index (χ0) is 14.4. The Hall–Kier alpha value is -1.85. The summed E-state index contributed by atoms with van der Waals surface area (Å²) in [5.74, 6) is 1.41. The number of nitrogens with one attached hydrogen (secondary N) is 1. The van der Waals surface area contributed by atoms with Crippen LogP contribution in [0.5, 0.6) is 0 Å². The van der Waals surface area contributed by atoms with Crippen molar-refractivity contribution < 1.29 is 9.52 Å². The first-order chi connectivity index (χ1) is 10.3. The van der Waals surface area contributed by atoms with Gasteiger partial charge in [-0.2, -0.15) is 0 Å². The Labute approximate surface area is 122 Å². The molecule has 0 radical (unpaired) electrons. The number of pyridine rings is 1. The third kappa shape index (κ3) is 1.96. The van der Waals surface area contributed by atoms with Gasteiger partial charge in [-0.15, -0.1) is 0 Å². The van der Waals surface area contributed by atoms with E-state index in [0.717, 1.165) is 31.7 Å². The summed E-state index contributed by atoms with van der Waals surface area (Å²) in [4.78, 5) is 12.9. The van der Waals surface area contributed by atoms with Crippen LogP contribution in [0.1, 0.15) is 23.6 Å². The Morgan fingerprint density at radius 2 is 2.33 bits per heavy atom. The van der Waals surface area contributed by atoms with Crippen LogP contribution in [0, 0.1) is 5.92 Å². The Balaban J connectivity index is 1.95. The molecule has 2 aromatic heterocycles. The molecule has 1 fully saturated rings. The monoisotopic (exact) mass is 286 g/mol. The van der Waals surface area contributed by atoms with Crippen molar-refractivity contribution in [3.05, 3.63) is 46.1 Å². The predicted molar refractivity (Wildman–Crippen MR) is 78.0 cm³/mol. The van der Waals surface area contributed by atoms with E-state index < -0.39 is 0 Å². The van der Waals surface area contributed by atoms with E-state index in [-0.39, 0.29) is 12.2 Å². The normalized spacial score (nSPS) is 23.9. The van der Waals surface area contributed by atoms with E-state index in [1.165, 1.54) is 0 Å². The van der Waals surface area contributed by atoms with Crippen molar-refractivity contribution in [1.29, 1.82) is 0 Å². The molecule has 0 aromatic carbocycles. The maximum absolute atomic E-state index is 12.9. The van der Waals surface area contributed by atoms with Gasteiger partial charge in [-0.25, -0.2) is 0 Å². The van der Waals surface area contributed by atoms with Crippen LogP contribution < -0.4 is 10.9 Å². The highest BCUT2D eigenvalue weighted by molar-refractivity contribution is 5.61. The van der Waals surface area contributed by atoms with Gasteiger partial charge in [-0.1, -0.05) is 0 Å². The van der Waals surface area contributed by atoms with Gasteiger partial charge >= 0.3 is 0 Å². The molecule has 2 atom stereocenters. The molecule has 5 heteroatoms. The Kier molecular flexibility index (Phi) is 2.97. The number of aliphatic hydroxyl groups is 1. The summed E-state index contributed by atoms with van der Waals surface area (Å²) in [7, 11) is 0. The van der Waals surface area contributed by atoms with Gasteiger partial charge in [0, 0.05) is 24.7 Å². The first-order valence-electron chi connectivity index (χ1n) is 7.40. The minimum atomic E-state index is -0.150. The maximum Gasteiger partial charge on any atom is 0.262 e. The molecule has 0 aliphatic carbocycles. The lowest BCUT2D eigenvalue weighted by molar-refractivity contribution is 0.253. The number of piperidine rings is 1. The molecule has 21 heavy (non-hydrogen) atoms. The van der Waals surface area contributed by atoms with Crippen molar-refractivity contribution in [1.82, 2.24) is 9.88 Å². The summed E-state index contributed by atoms with van der Waals surface area (Å²) >= 11 is 0. The summed E-state index contributed by atoms with van der Waals surface area (Å²) in [6.45, 7) is 2.47. The van der Waals surface area contributed by atoms with Crippen LogP contribution in [-0.2, 0) is 13.2 Å². The summed E-state index contributed by atoms with van der Waals surface area (Å²) < 4.78 is 7.28. The Bertz CT molecular complexity index is 718. The minimum Gasteiger partial charge on any atom is -0.464 e. The molecule has 2 unspecified atom stereocenters. The Morgan fingerprint density at radius 1 is 1.43 bits per heavy atom. The number of aromatic nitrogens is 1. The number of hydrogen-bond donors (Lipinski definition) is 2. The van der Waals surface area contributed by atoms with Crippen molar-refractivity contribution >= 4 is 0 Å². The van der Waals surface area contributed by atoms with Crippen molar-refractivity contribution in [3.63, 3.8) is 0 Å².